The fourth-order valence-corrected chi connectivity index (χ4v) is 5.16. The third kappa shape index (κ3) is 5.34. The first kappa shape index (κ1) is 22.4. The van der Waals surface area contributed by atoms with Gasteiger partial charge >= 0.3 is 5.97 Å². The fraction of sp³-hybridized carbons (Fsp3) is 0.348. The highest BCUT2D eigenvalue weighted by atomic mass is 32.2. The maximum absolute atomic E-state index is 12.6. The van der Waals surface area contributed by atoms with Crippen molar-refractivity contribution in [1.82, 2.24) is 4.57 Å². The number of carbonyl (C=O) groups excluding carboxylic acids is 2. The van der Waals surface area contributed by atoms with Gasteiger partial charge in [-0.25, -0.2) is 0 Å². The maximum atomic E-state index is 12.6. The van der Waals surface area contributed by atoms with Crippen molar-refractivity contribution in [3.8, 4) is 11.5 Å². The molecule has 9 heteroatoms. The van der Waals surface area contributed by atoms with Crippen LogP contribution in [-0.4, -0.2) is 42.5 Å². The van der Waals surface area contributed by atoms with Crippen LogP contribution in [0.3, 0.4) is 0 Å². The van der Waals surface area contributed by atoms with Crippen LogP contribution in [0.2, 0.25) is 0 Å². The zero-order chi connectivity index (χ0) is 22.5. The molecule has 32 heavy (non-hydrogen) atoms. The Labute approximate surface area is 194 Å². The second kappa shape index (κ2) is 10.2. The Morgan fingerprint density at radius 1 is 1.16 bits per heavy atom. The van der Waals surface area contributed by atoms with Gasteiger partial charge in [-0.3, -0.25) is 9.59 Å². The Hall–Kier alpha value is -2.78. The molecule has 168 valence electrons. The number of hydrogen-bond acceptors (Lipinski definition) is 7. The number of fused-ring (bicyclic) bond motifs is 2. The van der Waals surface area contributed by atoms with Gasteiger partial charge in [-0.1, -0.05) is 29.0 Å². The molecule has 4 rings (SSSR count). The van der Waals surface area contributed by atoms with E-state index in [1.54, 1.807) is 16.3 Å². The summed E-state index contributed by atoms with van der Waals surface area (Å²) in [6.45, 7) is 2.98. The Kier molecular flexibility index (Phi) is 7.16. The molecule has 1 aromatic heterocycles. The molecule has 2 aromatic carbocycles. The SMILES string of the molecule is COC(=O)Cn1c(=NC(=O)CCCSc2ccc(C)cc2)sc2cc3c(cc21)OCCO3. The number of methoxy groups -OCH3 is 1. The van der Waals surface area contributed by atoms with Gasteiger partial charge in [0.1, 0.15) is 19.8 Å². The number of nitrogens with zero attached hydrogens (tertiary/aromatic N) is 2. The van der Waals surface area contributed by atoms with E-state index in [1.807, 2.05) is 12.1 Å². The van der Waals surface area contributed by atoms with E-state index < -0.39 is 5.97 Å². The predicted molar refractivity (Wildman–Crippen MR) is 125 cm³/mol. The van der Waals surface area contributed by atoms with E-state index in [1.165, 1.54) is 28.9 Å². The van der Waals surface area contributed by atoms with E-state index in [0.29, 0.717) is 35.9 Å². The largest absolute Gasteiger partial charge is 0.486 e. The Morgan fingerprint density at radius 2 is 1.88 bits per heavy atom. The molecule has 0 saturated heterocycles. The van der Waals surface area contributed by atoms with Crippen molar-refractivity contribution in [2.45, 2.75) is 31.2 Å². The lowest BCUT2D eigenvalue weighted by molar-refractivity contribution is -0.141. The lowest BCUT2D eigenvalue weighted by Crippen LogP contribution is -2.22. The molecule has 0 radical (unpaired) electrons. The lowest BCUT2D eigenvalue weighted by Gasteiger charge is -2.18. The number of carbonyl (C=O) groups is 2. The first-order chi connectivity index (χ1) is 15.5. The molecule has 1 amide bonds. The van der Waals surface area contributed by atoms with Crippen molar-refractivity contribution in [3.05, 3.63) is 46.8 Å². The third-order valence-electron chi connectivity index (χ3n) is 4.91. The first-order valence-corrected chi connectivity index (χ1v) is 12.1. The fourth-order valence-electron chi connectivity index (χ4n) is 3.25. The summed E-state index contributed by atoms with van der Waals surface area (Å²) in [6.07, 6.45) is 1.06. The summed E-state index contributed by atoms with van der Waals surface area (Å²) >= 11 is 3.07. The standard InChI is InChI=1S/C23H24N2O5S2/c1-15-5-7-16(8-6-15)31-11-3-4-21(26)24-23-25(14-22(27)28-2)17-12-18-19(13-20(17)32-23)30-10-9-29-18/h5-8,12-13H,3-4,9-11,14H2,1-2H3. The number of aromatic nitrogens is 1. The van der Waals surface area contributed by atoms with Gasteiger partial charge in [0.25, 0.3) is 0 Å². The Morgan fingerprint density at radius 3 is 2.59 bits per heavy atom. The number of thiazole rings is 1. The summed E-state index contributed by atoms with van der Waals surface area (Å²) in [5, 5.41) is 0. The number of benzene rings is 2. The average Bonchev–Trinajstić information content (AvgIpc) is 3.11. The summed E-state index contributed by atoms with van der Waals surface area (Å²) in [5.74, 6) is 1.48. The zero-order valence-electron chi connectivity index (χ0n) is 18.0. The van der Waals surface area contributed by atoms with Gasteiger partial charge in [0.15, 0.2) is 16.3 Å². The molecule has 1 aliphatic rings. The molecule has 0 N–H and O–H groups in total. The second-order valence-electron chi connectivity index (χ2n) is 7.28. The highest BCUT2D eigenvalue weighted by Crippen LogP contribution is 2.35. The molecule has 0 atom stereocenters. The number of aryl methyl sites for hydroxylation is 1. The summed E-state index contributed by atoms with van der Waals surface area (Å²) in [6, 6.07) is 12.0. The molecule has 3 aromatic rings. The quantitative estimate of drug-likeness (QED) is 0.294. The molecule has 2 heterocycles. The number of amides is 1. The van der Waals surface area contributed by atoms with Crippen LogP contribution in [-0.2, 0) is 20.9 Å². The van der Waals surface area contributed by atoms with Crippen LogP contribution >= 0.6 is 23.1 Å². The van der Waals surface area contributed by atoms with Crippen LogP contribution in [0.1, 0.15) is 18.4 Å². The van der Waals surface area contributed by atoms with E-state index in [4.69, 9.17) is 14.2 Å². The molecule has 0 bridgehead atoms. The van der Waals surface area contributed by atoms with Gasteiger partial charge in [-0.2, -0.15) is 4.99 Å². The Bertz CT molecular complexity index is 1200. The first-order valence-electron chi connectivity index (χ1n) is 10.3. The summed E-state index contributed by atoms with van der Waals surface area (Å²) in [4.78, 5) is 30.5. The topological polar surface area (TPSA) is 79.1 Å². The predicted octanol–water partition coefficient (Wildman–Crippen LogP) is 3.96. The molecule has 0 fully saturated rings. The van der Waals surface area contributed by atoms with Gasteiger partial charge in [0.2, 0.25) is 5.91 Å². The lowest BCUT2D eigenvalue weighted by atomic mass is 10.2. The van der Waals surface area contributed by atoms with Gasteiger partial charge in [0.05, 0.1) is 17.3 Å². The van der Waals surface area contributed by atoms with Crippen LogP contribution in [0.4, 0.5) is 0 Å². The zero-order valence-corrected chi connectivity index (χ0v) is 19.6. The molecule has 0 spiro atoms. The molecule has 1 aliphatic heterocycles. The van der Waals surface area contributed by atoms with Crippen molar-refractivity contribution in [1.29, 1.82) is 0 Å². The third-order valence-corrected chi connectivity index (χ3v) is 7.05. The number of esters is 1. The van der Waals surface area contributed by atoms with Crippen LogP contribution in [0.25, 0.3) is 10.2 Å². The van der Waals surface area contributed by atoms with E-state index >= 15 is 0 Å². The van der Waals surface area contributed by atoms with Crippen molar-refractivity contribution in [2.75, 3.05) is 26.1 Å². The number of ether oxygens (including phenoxy) is 3. The smallest absolute Gasteiger partial charge is 0.325 e. The van der Waals surface area contributed by atoms with Gasteiger partial charge in [-0.15, -0.1) is 11.8 Å². The summed E-state index contributed by atoms with van der Waals surface area (Å²) in [7, 11) is 1.34. The molecular weight excluding hydrogens is 448 g/mol. The van der Waals surface area contributed by atoms with E-state index in [0.717, 1.165) is 22.4 Å². The minimum Gasteiger partial charge on any atom is -0.486 e. The molecule has 0 saturated carbocycles. The maximum Gasteiger partial charge on any atom is 0.325 e. The number of hydrogen-bond donors (Lipinski definition) is 0. The number of thioether (sulfide) groups is 1. The molecule has 0 unspecified atom stereocenters. The minimum absolute atomic E-state index is 0.0362. The van der Waals surface area contributed by atoms with Crippen molar-refractivity contribution in [3.63, 3.8) is 0 Å². The Balaban J connectivity index is 1.51. The van der Waals surface area contributed by atoms with Crippen LogP contribution < -0.4 is 14.3 Å². The molecule has 7 nitrogen and oxygen atoms in total. The van der Waals surface area contributed by atoms with E-state index in [2.05, 4.69) is 36.2 Å². The average molecular weight is 473 g/mol. The van der Waals surface area contributed by atoms with Gasteiger partial charge in [0, 0.05) is 23.4 Å². The monoisotopic (exact) mass is 472 g/mol. The highest BCUT2D eigenvalue weighted by Gasteiger charge is 2.18. The van der Waals surface area contributed by atoms with Crippen molar-refractivity contribution >= 4 is 45.2 Å². The van der Waals surface area contributed by atoms with Crippen molar-refractivity contribution in [2.24, 2.45) is 4.99 Å². The van der Waals surface area contributed by atoms with Gasteiger partial charge < -0.3 is 18.8 Å². The van der Waals surface area contributed by atoms with E-state index in [-0.39, 0.29) is 12.5 Å². The normalized spacial score (nSPS) is 13.4. The van der Waals surface area contributed by atoms with Gasteiger partial charge in [-0.05, 0) is 31.2 Å². The second-order valence-corrected chi connectivity index (χ2v) is 9.46. The summed E-state index contributed by atoms with van der Waals surface area (Å²) in [5.41, 5.74) is 1.98. The van der Waals surface area contributed by atoms with Crippen LogP contribution in [0.15, 0.2) is 46.3 Å². The molecular formula is C23H24N2O5S2. The van der Waals surface area contributed by atoms with Crippen LogP contribution in [0.5, 0.6) is 11.5 Å². The van der Waals surface area contributed by atoms with E-state index in [9.17, 15) is 9.59 Å². The summed E-state index contributed by atoms with van der Waals surface area (Å²) < 4.78 is 18.7. The van der Waals surface area contributed by atoms with Crippen LogP contribution in [0, 0.1) is 6.92 Å². The molecule has 0 aliphatic carbocycles. The number of rotatable bonds is 7. The van der Waals surface area contributed by atoms with Crippen molar-refractivity contribution < 1.29 is 23.8 Å². The minimum atomic E-state index is -0.414. The highest BCUT2D eigenvalue weighted by molar-refractivity contribution is 7.99.